The Bertz CT molecular complexity index is 648. The zero-order valence-corrected chi connectivity index (χ0v) is 14.2. The molecule has 0 N–H and O–H groups in total. The van der Waals surface area contributed by atoms with Gasteiger partial charge in [0.1, 0.15) is 0 Å². The van der Waals surface area contributed by atoms with Crippen molar-refractivity contribution in [2.45, 2.75) is 43.2 Å². The summed E-state index contributed by atoms with van der Waals surface area (Å²) >= 11 is 0. The fourth-order valence-electron chi connectivity index (χ4n) is 3.28. The van der Waals surface area contributed by atoms with Crippen LogP contribution in [0.1, 0.15) is 43.2 Å². The molecule has 3 nitrogen and oxygen atoms in total. The molecule has 0 aliphatic carbocycles. The fraction of sp³-hybridized carbons (Fsp3) is 0.625. The summed E-state index contributed by atoms with van der Waals surface area (Å²) in [6.45, 7) is 4.52. The lowest BCUT2D eigenvalue weighted by atomic mass is 9.86. The van der Waals surface area contributed by atoms with E-state index < -0.39 is 26.5 Å². The van der Waals surface area contributed by atoms with Gasteiger partial charge in [0.25, 0.3) is 0 Å². The van der Waals surface area contributed by atoms with E-state index in [1.165, 1.54) is 12.1 Å². The highest BCUT2D eigenvalue weighted by Crippen LogP contribution is 2.42. The first-order chi connectivity index (χ1) is 10.6. The topological polar surface area (TPSA) is 37.4 Å². The molecule has 1 aromatic carbocycles. The molecule has 1 fully saturated rings. The van der Waals surface area contributed by atoms with E-state index in [1.807, 2.05) is 0 Å². The Labute approximate surface area is 135 Å². The number of hydrogen-bond acceptors (Lipinski definition) is 3. The highest BCUT2D eigenvalue weighted by Gasteiger charge is 2.40. The van der Waals surface area contributed by atoms with Gasteiger partial charge in [-0.2, -0.15) is 13.2 Å². The van der Waals surface area contributed by atoms with Crippen LogP contribution >= 0.6 is 0 Å². The van der Waals surface area contributed by atoms with Crippen LogP contribution in [-0.4, -0.2) is 39.2 Å². The molecule has 1 aliphatic rings. The summed E-state index contributed by atoms with van der Waals surface area (Å²) in [7, 11) is -3.93. The van der Waals surface area contributed by atoms with Gasteiger partial charge in [0, 0.05) is 6.26 Å². The third-order valence-electron chi connectivity index (χ3n) is 4.31. The lowest BCUT2D eigenvalue weighted by molar-refractivity contribution is -0.140. The van der Waals surface area contributed by atoms with Crippen molar-refractivity contribution in [3.8, 4) is 0 Å². The number of likely N-dealkylation sites (tertiary alicyclic amines) is 1. The van der Waals surface area contributed by atoms with Gasteiger partial charge in [-0.25, -0.2) is 8.42 Å². The van der Waals surface area contributed by atoms with Gasteiger partial charge >= 0.3 is 6.18 Å². The monoisotopic (exact) mass is 349 g/mol. The van der Waals surface area contributed by atoms with E-state index in [0.29, 0.717) is 12.8 Å². The van der Waals surface area contributed by atoms with Crippen LogP contribution in [0.25, 0.3) is 0 Å². The van der Waals surface area contributed by atoms with Crippen LogP contribution in [0, 0.1) is 0 Å². The molecule has 1 heterocycles. The first kappa shape index (κ1) is 18.3. The lowest BCUT2D eigenvalue weighted by Crippen LogP contribution is -2.34. The van der Waals surface area contributed by atoms with E-state index in [2.05, 4.69) is 11.8 Å². The number of rotatable bonds is 4. The Hall–Kier alpha value is -1.08. The number of sulfone groups is 1. The van der Waals surface area contributed by atoms with Crippen LogP contribution in [0.15, 0.2) is 23.1 Å². The first-order valence-corrected chi connectivity index (χ1v) is 9.66. The Morgan fingerprint density at radius 1 is 1.22 bits per heavy atom. The predicted molar refractivity (Wildman–Crippen MR) is 83.3 cm³/mol. The highest BCUT2D eigenvalue weighted by molar-refractivity contribution is 7.90. The van der Waals surface area contributed by atoms with E-state index in [4.69, 9.17) is 0 Å². The molecule has 23 heavy (non-hydrogen) atoms. The van der Waals surface area contributed by atoms with Crippen molar-refractivity contribution in [3.05, 3.63) is 29.3 Å². The minimum absolute atomic E-state index is 0.122. The van der Waals surface area contributed by atoms with E-state index in [9.17, 15) is 21.6 Å². The summed E-state index contributed by atoms with van der Waals surface area (Å²) in [4.78, 5) is 1.63. The number of alkyl halides is 3. The molecule has 0 atom stereocenters. The molecule has 130 valence electrons. The van der Waals surface area contributed by atoms with Crippen molar-refractivity contribution < 1.29 is 21.6 Å². The van der Waals surface area contributed by atoms with Crippen molar-refractivity contribution >= 4 is 9.84 Å². The molecule has 1 aliphatic heterocycles. The molecule has 1 saturated heterocycles. The van der Waals surface area contributed by atoms with E-state index >= 15 is 0 Å². The maximum Gasteiger partial charge on any atom is 0.417 e. The largest absolute Gasteiger partial charge is 0.417 e. The second-order valence-electron chi connectivity index (χ2n) is 6.11. The minimum atomic E-state index is -4.67. The van der Waals surface area contributed by atoms with Crippen molar-refractivity contribution in [2.24, 2.45) is 0 Å². The Kier molecular flexibility index (Phi) is 5.41. The summed E-state index contributed by atoms with van der Waals surface area (Å²) in [6.07, 6.45) is -1.59. The molecule has 0 spiro atoms. The molecule has 7 heteroatoms. The standard InChI is InChI=1S/C16H22F3NO2S/c1-3-9-20-10-7-12(8-11-20)13-5-4-6-14(23(2,21)22)15(13)16(17,18)19/h4-6,12H,3,7-11H2,1-2H3. The van der Waals surface area contributed by atoms with Crippen LogP contribution in [0.5, 0.6) is 0 Å². The maximum atomic E-state index is 13.5. The van der Waals surface area contributed by atoms with Crippen LogP contribution in [0.4, 0.5) is 13.2 Å². The first-order valence-electron chi connectivity index (χ1n) is 7.77. The van der Waals surface area contributed by atoms with Gasteiger partial charge in [-0.3, -0.25) is 0 Å². The van der Waals surface area contributed by atoms with E-state index in [0.717, 1.165) is 38.4 Å². The third kappa shape index (κ3) is 4.26. The minimum Gasteiger partial charge on any atom is -0.303 e. The smallest absolute Gasteiger partial charge is 0.303 e. The van der Waals surface area contributed by atoms with Crippen molar-refractivity contribution in [2.75, 3.05) is 25.9 Å². The van der Waals surface area contributed by atoms with Crippen LogP contribution in [0.3, 0.4) is 0 Å². The molecule has 0 unspecified atom stereocenters. The van der Waals surface area contributed by atoms with Gasteiger partial charge in [0.15, 0.2) is 9.84 Å². The van der Waals surface area contributed by atoms with Crippen molar-refractivity contribution in [1.29, 1.82) is 0 Å². The molecule has 0 bridgehead atoms. The maximum absolute atomic E-state index is 13.5. The predicted octanol–water partition coefficient (Wildman–Crippen LogP) is 3.70. The average molecular weight is 349 g/mol. The molecule has 0 aromatic heterocycles. The van der Waals surface area contributed by atoms with Gasteiger partial charge in [0.2, 0.25) is 0 Å². The van der Waals surface area contributed by atoms with Gasteiger partial charge in [-0.15, -0.1) is 0 Å². The van der Waals surface area contributed by atoms with Gasteiger partial charge in [0.05, 0.1) is 10.5 Å². The zero-order valence-electron chi connectivity index (χ0n) is 13.4. The summed E-state index contributed by atoms with van der Waals surface area (Å²) in [5.41, 5.74) is -0.854. The summed E-state index contributed by atoms with van der Waals surface area (Å²) in [6, 6.07) is 3.89. The Morgan fingerprint density at radius 2 is 1.83 bits per heavy atom. The molecule has 0 saturated carbocycles. The SMILES string of the molecule is CCCN1CCC(c2cccc(S(C)(=O)=O)c2C(F)(F)F)CC1. The van der Waals surface area contributed by atoms with Gasteiger partial charge < -0.3 is 4.90 Å². The quantitative estimate of drug-likeness (QED) is 0.832. The second kappa shape index (κ2) is 6.81. The van der Waals surface area contributed by atoms with Crippen LogP contribution < -0.4 is 0 Å². The van der Waals surface area contributed by atoms with E-state index in [-0.39, 0.29) is 11.5 Å². The molecule has 0 amide bonds. The van der Waals surface area contributed by atoms with Crippen LogP contribution in [0.2, 0.25) is 0 Å². The van der Waals surface area contributed by atoms with Gasteiger partial charge in [-0.05, 0) is 56.4 Å². The number of halogens is 3. The summed E-state index contributed by atoms with van der Waals surface area (Å²) < 4.78 is 64.1. The van der Waals surface area contributed by atoms with Crippen LogP contribution in [-0.2, 0) is 16.0 Å². The molecular weight excluding hydrogens is 327 g/mol. The highest BCUT2D eigenvalue weighted by atomic mass is 32.2. The number of hydrogen-bond donors (Lipinski definition) is 0. The zero-order chi connectivity index (χ0) is 17.3. The average Bonchev–Trinajstić information content (AvgIpc) is 2.46. The molecular formula is C16H22F3NO2S. The summed E-state index contributed by atoms with van der Waals surface area (Å²) in [5.74, 6) is -0.249. The summed E-state index contributed by atoms with van der Waals surface area (Å²) in [5, 5.41) is 0. The second-order valence-corrected chi connectivity index (χ2v) is 8.09. The normalized spacial score (nSPS) is 18.3. The molecule has 2 rings (SSSR count). The molecule has 0 radical (unpaired) electrons. The van der Waals surface area contributed by atoms with Crippen molar-refractivity contribution in [1.82, 2.24) is 4.90 Å². The van der Waals surface area contributed by atoms with Gasteiger partial charge in [-0.1, -0.05) is 19.1 Å². The number of benzene rings is 1. The number of nitrogens with zero attached hydrogens (tertiary/aromatic N) is 1. The number of piperidine rings is 1. The van der Waals surface area contributed by atoms with Crippen molar-refractivity contribution in [3.63, 3.8) is 0 Å². The van der Waals surface area contributed by atoms with E-state index in [1.54, 1.807) is 0 Å². The lowest BCUT2D eigenvalue weighted by Gasteiger charge is -2.33. The third-order valence-corrected chi connectivity index (χ3v) is 5.45. The molecule has 1 aromatic rings. The Balaban J connectivity index is 2.40. The fourth-order valence-corrected chi connectivity index (χ4v) is 4.21. The Morgan fingerprint density at radius 3 is 2.30 bits per heavy atom.